The van der Waals surface area contributed by atoms with E-state index in [1.807, 2.05) is 0 Å². The fourth-order valence-electron chi connectivity index (χ4n) is 5.96. The molecule has 0 heteroatoms. The lowest BCUT2D eigenvalue weighted by Gasteiger charge is -2.22. The summed E-state index contributed by atoms with van der Waals surface area (Å²) in [4.78, 5) is 0. The molecule has 2 bridgehead atoms. The van der Waals surface area contributed by atoms with Gasteiger partial charge < -0.3 is 0 Å². The first-order valence-electron chi connectivity index (χ1n) is 13.8. The summed E-state index contributed by atoms with van der Waals surface area (Å²) in [6.45, 7) is 4.53. The van der Waals surface area contributed by atoms with Crippen LogP contribution < -0.4 is 0 Å². The summed E-state index contributed by atoms with van der Waals surface area (Å²) in [5.74, 6) is 9.64. The van der Waals surface area contributed by atoms with Gasteiger partial charge in [0.2, 0.25) is 0 Å². The van der Waals surface area contributed by atoms with Crippen LogP contribution in [-0.2, 0) is 0 Å². The highest BCUT2D eigenvalue weighted by Crippen LogP contribution is 2.50. The molecule has 180 valence electrons. The second-order valence-corrected chi connectivity index (χ2v) is 11.2. The SMILES string of the molecule is CC1=CC=C(C2=CCC(C)=C3C#CC(CCCC4CC4c4ccccc4)=CCCC(C2)C3)C=CC1. The maximum atomic E-state index is 3.65. The quantitative estimate of drug-likeness (QED) is 0.371. The molecular formula is C35H40. The van der Waals surface area contributed by atoms with Gasteiger partial charge in [0.25, 0.3) is 0 Å². The molecule has 0 aromatic heterocycles. The summed E-state index contributed by atoms with van der Waals surface area (Å²) in [6.07, 6.45) is 26.2. The predicted molar refractivity (Wildman–Crippen MR) is 150 cm³/mol. The Bertz CT molecular complexity index is 1170. The average molecular weight is 461 g/mol. The minimum Gasteiger partial charge on any atom is -0.0799 e. The van der Waals surface area contributed by atoms with Gasteiger partial charge in [0.15, 0.2) is 0 Å². The molecule has 35 heavy (non-hydrogen) atoms. The molecule has 0 heterocycles. The van der Waals surface area contributed by atoms with E-state index in [2.05, 4.69) is 92.5 Å². The number of allylic oxidation sites excluding steroid dienone is 12. The lowest BCUT2D eigenvalue weighted by Crippen LogP contribution is -2.08. The van der Waals surface area contributed by atoms with Gasteiger partial charge in [0.05, 0.1) is 0 Å². The minimum atomic E-state index is 0.678. The van der Waals surface area contributed by atoms with E-state index in [0.29, 0.717) is 5.92 Å². The first kappa shape index (κ1) is 23.9. The third-order valence-electron chi connectivity index (χ3n) is 8.34. The molecule has 1 aromatic rings. The van der Waals surface area contributed by atoms with Gasteiger partial charge in [-0.05, 0) is 118 Å². The highest BCUT2D eigenvalue weighted by Gasteiger charge is 2.37. The zero-order valence-electron chi connectivity index (χ0n) is 21.7. The van der Waals surface area contributed by atoms with E-state index in [0.717, 1.165) is 43.9 Å². The van der Waals surface area contributed by atoms with Crippen molar-refractivity contribution in [2.24, 2.45) is 11.8 Å². The van der Waals surface area contributed by atoms with Crippen LogP contribution in [0.15, 0.2) is 100 Å². The largest absolute Gasteiger partial charge is 0.0799 e. The Kier molecular flexibility index (Phi) is 7.73. The fraction of sp³-hybridized carbons (Fsp3) is 0.429. The van der Waals surface area contributed by atoms with Crippen molar-refractivity contribution in [1.82, 2.24) is 0 Å². The topological polar surface area (TPSA) is 0 Å². The summed E-state index contributed by atoms with van der Waals surface area (Å²) in [6, 6.07) is 11.1. The summed E-state index contributed by atoms with van der Waals surface area (Å²) in [7, 11) is 0. The van der Waals surface area contributed by atoms with Crippen LogP contribution in [0, 0.1) is 23.7 Å². The Labute approximate surface area is 213 Å². The highest BCUT2D eigenvalue weighted by molar-refractivity contribution is 5.47. The van der Waals surface area contributed by atoms with Crippen LogP contribution in [0.2, 0.25) is 0 Å². The molecule has 0 nitrogen and oxygen atoms in total. The summed E-state index contributed by atoms with van der Waals surface area (Å²) in [5, 5.41) is 0. The smallest absolute Gasteiger partial charge is 0.00191 e. The van der Waals surface area contributed by atoms with E-state index in [4.69, 9.17) is 0 Å². The van der Waals surface area contributed by atoms with E-state index in [9.17, 15) is 0 Å². The van der Waals surface area contributed by atoms with Crippen molar-refractivity contribution in [3.63, 3.8) is 0 Å². The van der Waals surface area contributed by atoms with Gasteiger partial charge in [-0.3, -0.25) is 0 Å². The van der Waals surface area contributed by atoms with Crippen LogP contribution in [0.5, 0.6) is 0 Å². The van der Waals surface area contributed by atoms with Crippen molar-refractivity contribution in [2.45, 2.75) is 84.0 Å². The lowest BCUT2D eigenvalue weighted by molar-refractivity contribution is 0.483. The van der Waals surface area contributed by atoms with E-state index in [1.165, 1.54) is 71.1 Å². The molecule has 0 radical (unpaired) electrons. The molecule has 4 aliphatic carbocycles. The van der Waals surface area contributed by atoms with Crippen molar-refractivity contribution in [2.75, 3.05) is 0 Å². The molecule has 1 fully saturated rings. The van der Waals surface area contributed by atoms with E-state index >= 15 is 0 Å². The maximum Gasteiger partial charge on any atom is 0.00191 e. The Morgan fingerprint density at radius 1 is 0.943 bits per heavy atom. The van der Waals surface area contributed by atoms with Crippen molar-refractivity contribution in [3.05, 3.63) is 106 Å². The molecule has 5 rings (SSSR count). The van der Waals surface area contributed by atoms with Gasteiger partial charge in [-0.2, -0.15) is 0 Å². The molecule has 0 saturated heterocycles. The van der Waals surface area contributed by atoms with E-state index in [-0.39, 0.29) is 0 Å². The molecule has 3 atom stereocenters. The Balaban J connectivity index is 1.22. The number of hydrogen-bond donors (Lipinski definition) is 0. The summed E-state index contributed by atoms with van der Waals surface area (Å²) in [5.41, 5.74) is 10.2. The van der Waals surface area contributed by atoms with Crippen molar-refractivity contribution in [3.8, 4) is 11.8 Å². The lowest BCUT2D eigenvalue weighted by atomic mass is 9.82. The zero-order chi connectivity index (χ0) is 24.0. The normalized spacial score (nSPS) is 26.3. The Morgan fingerprint density at radius 2 is 1.83 bits per heavy atom. The third-order valence-corrected chi connectivity index (χ3v) is 8.34. The standard InChI is InChI=1S/C35H40/c1-26-9-6-15-30(20-17-26)33-21-18-27(2)32-22-19-28(10-7-12-29(23-32)24-33)11-8-16-34-25-35(34)31-13-4-3-5-14-31/h3-6,10,13-15,17,20-21,29,34-35H,7-9,11-12,16,18,23-25H2,1-2H3. The maximum absolute atomic E-state index is 3.65. The monoisotopic (exact) mass is 460 g/mol. The van der Waals surface area contributed by atoms with Gasteiger partial charge in [-0.15, -0.1) is 0 Å². The molecule has 0 N–H and O–H groups in total. The third kappa shape index (κ3) is 6.46. The molecule has 1 aromatic carbocycles. The minimum absolute atomic E-state index is 0.678. The zero-order valence-corrected chi connectivity index (χ0v) is 21.7. The molecule has 3 unspecified atom stereocenters. The van der Waals surface area contributed by atoms with Gasteiger partial charge in [0, 0.05) is 5.57 Å². The van der Waals surface area contributed by atoms with Crippen LogP contribution in [0.1, 0.15) is 89.5 Å². The fourth-order valence-corrected chi connectivity index (χ4v) is 5.96. The molecular weight excluding hydrogens is 420 g/mol. The molecule has 0 amide bonds. The second kappa shape index (κ2) is 11.3. The Morgan fingerprint density at radius 3 is 2.71 bits per heavy atom. The van der Waals surface area contributed by atoms with Crippen LogP contribution in [-0.4, -0.2) is 0 Å². The first-order valence-corrected chi connectivity index (χ1v) is 13.8. The second-order valence-electron chi connectivity index (χ2n) is 11.2. The number of fused-ring (bicyclic) bond motifs is 2. The molecule has 0 aliphatic heterocycles. The summed E-state index contributed by atoms with van der Waals surface area (Å²) < 4.78 is 0. The van der Waals surface area contributed by atoms with Crippen molar-refractivity contribution in [1.29, 1.82) is 0 Å². The molecule has 4 aliphatic rings. The molecule has 1 saturated carbocycles. The van der Waals surface area contributed by atoms with Crippen LogP contribution in [0.25, 0.3) is 0 Å². The van der Waals surface area contributed by atoms with E-state index < -0.39 is 0 Å². The van der Waals surface area contributed by atoms with Crippen LogP contribution in [0.4, 0.5) is 0 Å². The average Bonchev–Trinajstić information content (AvgIpc) is 3.65. The Hall–Kier alpha value is -2.78. The van der Waals surface area contributed by atoms with Crippen molar-refractivity contribution >= 4 is 0 Å². The van der Waals surface area contributed by atoms with Crippen molar-refractivity contribution < 1.29 is 0 Å². The number of rotatable bonds is 6. The van der Waals surface area contributed by atoms with Gasteiger partial charge in [-0.25, -0.2) is 0 Å². The first-order chi connectivity index (χ1) is 17.2. The highest BCUT2D eigenvalue weighted by atomic mass is 14.4. The van der Waals surface area contributed by atoms with Gasteiger partial charge in [-0.1, -0.05) is 89.8 Å². The number of benzene rings is 1. The molecule has 0 spiro atoms. The van der Waals surface area contributed by atoms with E-state index in [1.54, 1.807) is 0 Å². The van der Waals surface area contributed by atoms with Crippen LogP contribution >= 0.6 is 0 Å². The predicted octanol–water partition coefficient (Wildman–Crippen LogP) is 9.56. The summed E-state index contributed by atoms with van der Waals surface area (Å²) >= 11 is 0. The van der Waals surface area contributed by atoms with Gasteiger partial charge >= 0.3 is 0 Å². The van der Waals surface area contributed by atoms with Gasteiger partial charge in [0.1, 0.15) is 0 Å². The number of hydrogen-bond acceptors (Lipinski definition) is 0. The van der Waals surface area contributed by atoms with Crippen LogP contribution in [0.3, 0.4) is 0 Å².